The Morgan fingerprint density at radius 2 is 1.27 bits per heavy atom. The monoisotopic (exact) mass is 348 g/mol. The Morgan fingerprint density at radius 3 is 1.65 bits per heavy atom. The topological polar surface area (TPSA) is 49.7 Å². The van der Waals surface area contributed by atoms with Crippen LogP contribution in [0.4, 0.5) is 0 Å². The Hall–Kier alpha value is -2.49. The normalized spacial score (nSPS) is 33.8. The third-order valence-electron chi connectivity index (χ3n) is 6.49. The predicted molar refractivity (Wildman–Crippen MR) is 101 cm³/mol. The summed E-state index contributed by atoms with van der Waals surface area (Å²) in [5.41, 5.74) is 0.752. The van der Waals surface area contributed by atoms with E-state index in [0.29, 0.717) is 0 Å². The van der Waals surface area contributed by atoms with Crippen LogP contribution in [0, 0.1) is 15.7 Å². The molecule has 2 bridgehead atoms. The van der Waals surface area contributed by atoms with E-state index < -0.39 is 10.8 Å². The number of carbonyl (C=O) groups is 1. The van der Waals surface area contributed by atoms with Crippen molar-refractivity contribution in [3.8, 4) is 0 Å². The highest BCUT2D eigenvalue weighted by Gasteiger charge is 2.64. The number of Topliss-reactive ketones (excluding diaryl/α,β-unsaturated/α-hetero) is 1. The number of fused-ring (bicyclic) bond motifs is 2. The Balaban J connectivity index is 1.94. The van der Waals surface area contributed by atoms with Gasteiger partial charge in [0, 0.05) is 0 Å². The van der Waals surface area contributed by atoms with Gasteiger partial charge in [0.15, 0.2) is 0 Å². The first kappa shape index (κ1) is 17.0. The number of benzene rings is 2. The van der Waals surface area contributed by atoms with Crippen molar-refractivity contribution in [2.75, 3.05) is 0 Å². The summed E-state index contributed by atoms with van der Waals surface area (Å²) in [7, 11) is 0. The summed E-state index contributed by atoms with van der Waals surface area (Å²) < 4.78 is 0. The molecule has 2 aliphatic rings. The molecule has 4 heteroatoms. The van der Waals surface area contributed by atoms with Crippen molar-refractivity contribution in [1.82, 2.24) is 5.01 Å². The molecule has 2 unspecified atom stereocenters. The van der Waals surface area contributed by atoms with E-state index in [1.165, 1.54) is 0 Å². The molecule has 2 fully saturated rings. The van der Waals surface area contributed by atoms with Crippen molar-refractivity contribution < 1.29 is 4.79 Å². The molecule has 4 nitrogen and oxygen atoms in total. The van der Waals surface area contributed by atoms with Crippen LogP contribution in [0.3, 0.4) is 0 Å². The van der Waals surface area contributed by atoms with E-state index in [4.69, 9.17) is 0 Å². The van der Waals surface area contributed by atoms with Gasteiger partial charge in [0.05, 0.1) is 28.2 Å². The fourth-order valence-corrected chi connectivity index (χ4v) is 5.36. The van der Waals surface area contributed by atoms with Crippen molar-refractivity contribution in [3.63, 3.8) is 0 Å². The maximum atomic E-state index is 13.7. The summed E-state index contributed by atoms with van der Waals surface area (Å²) in [4.78, 5) is 25.8. The molecule has 4 rings (SSSR count). The van der Waals surface area contributed by atoms with Crippen LogP contribution in [0.25, 0.3) is 0 Å². The molecule has 1 aliphatic carbocycles. The number of piperidine rings is 1. The van der Waals surface area contributed by atoms with Crippen molar-refractivity contribution in [2.45, 2.75) is 45.2 Å². The fraction of sp³-hybridized carbons (Fsp3) is 0.409. The van der Waals surface area contributed by atoms with Gasteiger partial charge in [-0.1, -0.05) is 80.9 Å². The molecule has 0 amide bonds. The van der Waals surface area contributed by atoms with Crippen LogP contribution in [0.15, 0.2) is 65.9 Å². The first-order chi connectivity index (χ1) is 12.5. The molecule has 0 N–H and O–H groups in total. The summed E-state index contributed by atoms with van der Waals surface area (Å²) in [6.07, 6.45) is 2.56. The fourth-order valence-electron chi connectivity index (χ4n) is 5.36. The van der Waals surface area contributed by atoms with Crippen LogP contribution in [-0.2, 0) is 4.79 Å². The van der Waals surface area contributed by atoms with E-state index in [1.807, 2.05) is 74.5 Å². The lowest BCUT2D eigenvalue weighted by Gasteiger charge is -2.59. The van der Waals surface area contributed by atoms with E-state index in [9.17, 15) is 9.70 Å². The van der Waals surface area contributed by atoms with Gasteiger partial charge in [-0.3, -0.25) is 4.79 Å². The molecule has 26 heavy (non-hydrogen) atoms. The second kappa shape index (κ2) is 6.04. The van der Waals surface area contributed by atoms with E-state index in [1.54, 1.807) is 5.01 Å². The predicted octanol–water partition coefficient (Wildman–Crippen LogP) is 5.23. The summed E-state index contributed by atoms with van der Waals surface area (Å²) in [6.45, 7) is 4.04. The third kappa shape index (κ3) is 2.24. The standard InChI is InChI=1S/C22H24N2O2/c1-21-14-9-15-22(2,20(21)25)19(17-12-7-4-8-13-17)24(23-26)18(21)16-10-5-3-6-11-16/h3-8,10-13,18-19H,9,14-15H2,1-2H3/t18?,19?,21-,22+. The molecule has 134 valence electrons. The average Bonchev–Trinajstić information content (AvgIpc) is 2.66. The summed E-state index contributed by atoms with van der Waals surface area (Å²) >= 11 is 0. The summed E-state index contributed by atoms with van der Waals surface area (Å²) in [5.74, 6) is 0.263. The quantitative estimate of drug-likeness (QED) is 0.714. The zero-order valence-corrected chi connectivity index (χ0v) is 15.3. The van der Waals surface area contributed by atoms with Gasteiger partial charge in [0.1, 0.15) is 5.78 Å². The van der Waals surface area contributed by atoms with Crippen LogP contribution in [0.5, 0.6) is 0 Å². The number of hydrogen-bond donors (Lipinski definition) is 0. The van der Waals surface area contributed by atoms with Crippen LogP contribution in [0.1, 0.15) is 56.3 Å². The highest BCUT2D eigenvalue weighted by Crippen LogP contribution is 2.63. The molecular formula is C22H24N2O2. The summed E-state index contributed by atoms with van der Waals surface area (Å²) in [5, 5.41) is 5.17. The van der Waals surface area contributed by atoms with Crippen molar-refractivity contribution in [2.24, 2.45) is 16.1 Å². The molecule has 4 atom stereocenters. The third-order valence-corrected chi connectivity index (χ3v) is 6.49. The Labute approximate surface area is 154 Å². The van der Waals surface area contributed by atoms with Crippen LogP contribution < -0.4 is 0 Å². The van der Waals surface area contributed by atoms with E-state index in [2.05, 4.69) is 5.29 Å². The molecule has 0 spiro atoms. The Kier molecular flexibility index (Phi) is 3.94. The van der Waals surface area contributed by atoms with Gasteiger partial charge >= 0.3 is 0 Å². The van der Waals surface area contributed by atoms with Crippen LogP contribution in [0.2, 0.25) is 0 Å². The molecule has 1 saturated heterocycles. The van der Waals surface area contributed by atoms with Gasteiger partial charge in [-0.15, -0.1) is 4.91 Å². The lowest BCUT2D eigenvalue weighted by Crippen LogP contribution is -2.61. The minimum absolute atomic E-state index is 0.263. The minimum Gasteiger partial charge on any atom is -0.298 e. The van der Waals surface area contributed by atoms with Gasteiger partial charge < -0.3 is 0 Å². The smallest absolute Gasteiger partial charge is 0.149 e. The molecule has 2 aromatic rings. The number of ketones is 1. The Bertz CT molecular complexity index is 759. The molecule has 1 aliphatic heterocycles. The summed E-state index contributed by atoms with van der Waals surface area (Å²) in [6, 6.07) is 19.1. The Morgan fingerprint density at radius 1 is 0.846 bits per heavy atom. The largest absolute Gasteiger partial charge is 0.298 e. The van der Waals surface area contributed by atoms with Gasteiger partial charge in [-0.2, -0.15) is 0 Å². The highest BCUT2D eigenvalue weighted by atomic mass is 16.3. The lowest BCUT2D eigenvalue weighted by atomic mass is 9.52. The van der Waals surface area contributed by atoms with Crippen molar-refractivity contribution in [3.05, 3.63) is 76.7 Å². The van der Waals surface area contributed by atoms with E-state index in [-0.39, 0.29) is 17.9 Å². The second-order valence-electron chi connectivity index (χ2n) is 8.11. The average molecular weight is 348 g/mol. The van der Waals surface area contributed by atoms with Gasteiger partial charge in [-0.25, -0.2) is 5.01 Å². The lowest BCUT2D eigenvalue weighted by molar-refractivity contribution is -0.171. The number of nitroso groups, excluding NO2 is 1. The van der Waals surface area contributed by atoms with Crippen molar-refractivity contribution in [1.29, 1.82) is 0 Å². The minimum atomic E-state index is -0.604. The van der Waals surface area contributed by atoms with Crippen LogP contribution >= 0.6 is 0 Å². The molecule has 0 aromatic heterocycles. The first-order valence-corrected chi connectivity index (χ1v) is 9.29. The maximum absolute atomic E-state index is 13.7. The number of hydrogen-bond acceptors (Lipinski definition) is 3. The molecule has 2 aromatic carbocycles. The molecule has 0 radical (unpaired) electrons. The van der Waals surface area contributed by atoms with Gasteiger partial charge in [0.2, 0.25) is 0 Å². The zero-order valence-electron chi connectivity index (χ0n) is 15.3. The molecular weight excluding hydrogens is 324 g/mol. The van der Waals surface area contributed by atoms with Crippen molar-refractivity contribution >= 4 is 5.78 Å². The van der Waals surface area contributed by atoms with Crippen LogP contribution in [-0.4, -0.2) is 10.8 Å². The number of nitrogens with zero attached hydrogens (tertiary/aromatic N) is 2. The highest BCUT2D eigenvalue weighted by molar-refractivity contribution is 5.93. The van der Waals surface area contributed by atoms with Gasteiger partial charge in [0.25, 0.3) is 0 Å². The van der Waals surface area contributed by atoms with E-state index in [0.717, 1.165) is 30.4 Å². The first-order valence-electron chi connectivity index (χ1n) is 9.29. The second-order valence-corrected chi connectivity index (χ2v) is 8.11. The zero-order chi connectivity index (χ0) is 18.4. The maximum Gasteiger partial charge on any atom is 0.149 e. The SMILES string of the molecule is C[C@]12CCC[C@](C)(C1=O)C(c1ccccc1)N(N=O)C2c1ccccc1. The number of rotatable bonds is 3. The van der Waals surface area contributed by atoms with Gasteiger partial charge in [-0.05, 0) is 24.0 Å². The molecule has 1 saturated carbocycles. The van der Waals surface area contributed by atoms with E-state index >= 15 is 0 Å². The number of carbonyl (C=O) groups excluding carboxylic acids is 1. The molecule has 1 heterocycles.